The first-order chi connectivity index (χ1) is 8.61. The third kappa shape index (κ3) is 2.43. The third-order valence-corrected chi connectivity index (χ3v) is 2.84. The molecule has 1 fully saturated rings. The second-order valence-corrected chi connectivity index (χ2v) is 4.08. The smallest absolute Gasteiger partial charge is 0.259 e. The highest BCUT2D eigenvalue weighted by molar-refractivity contribution is 5.95. The molecular weight excluding hydrogens is 242 g/mol. The summed E-state index contributed by atoms with van der Waals surface area (Å²) in [6.45, 7) is 1.67. The van der Waals surface area contributed by atoms with E-state index >= 15 is 0 Å². The Morgan fingerprint density at radius 2 is 2.06 bits per heavy atom. The number of hydrogen-bond acceptors (Lipinski definition) is 3. The average molecular weight is 256 g/mol. The predicted molar refractivity (Wildman–Crippen MR) is 62.1 cm³/mol. The van der Waals surface area contributed by atoms with Gasteiger partial charge in [0.15, 0.2) is 5.82 Å². The lowest BCUT2D eigenvalue weighted by Gasteiger charge is -2.20. The van der Waals surface area contributed by atoms with E-state index in [9.17, 15) is 13.6 Å². The molecule has 0 saturated carbocycles. The molecule has 0 aromatic heterocycles. The van der Waals surface area contributed by atoms with E-state index in [0.717, 1.165) is 12.1 Å². The topological polar surface area (TPSA) is 55.6 Å². The van der Waals surface area contributed by atoms with Gasteiger partial charge in [-0.3, -0.25) is 4.79 Å². The molecule has 6 heteroatoms. The molecule has 2 rings (SSSR count). The van der Waals surface area contributed by atoms with Crippen molar-refractivity contribution in [2.75, 3.05) is 32.0 Å². The van der Waals surface area contributed by atoms with E-state index in [1.165, 1.54) is 4.90 Å². The lowest BCUT2D eigenvalue weighted by Crippen LogP contribution is -2.34. The Kier molecular flexibility index (Phi) is 3.76. The SMILES string of the molecule is Nc1ccc(F)c(C(=O)N2CCCOCC2)c1F. The highest BCUT2D eigenvalue weighted by Crippen LogP contribution is 2.20. The minimum absolute atomic E-state index is 0.231. The molecule has 0 radical (unpaired) electrons. The van der Waals surface area contributed by atoms with E-state index in [4.69, 9.17) is 10.5 Å². The molecule has 1 aliphatic rings. The summed E-state index contributed by atoms with van der Waals surface area (Å²) in [5, 5.41) is 0. The van der Waals surface area contributed by atoms with Crippen molar-refractivity contribution in [1.29, 1.82) is 0 Å². The van der Waals surface area contributed by atoms with Crippen molar-refractivity contribution in [2.24, 2.45) is 0 Å². The van der Waals surface area contributed by atoms with Gasteiger partial charge in [0.1, 0.15) is 11.4 Å². The van der Waals surface area contributed by atoms with Gasteiger partial charge in [0.25, 0.3) is 5.91 Å². The van der Waals surface area contributed by atoms with Crippen LogP contribution in [-0.2, 0) is 4.74 Å². The Morgan fingerprint density at radius 3 is 2.83 bits per heavy atom. The molecule has 0 atom stereocenters. The summed E-state index contributed by atoms with van der Waals surface area (Å²) in [6.07, 6.45) is 0.650. The van der Waals surface area contributed by atoms with Crippen molar-refractivity contribution in [3.05, 3.63) is 29.3 Å². The number of rotatable bonds is 1. The zero-order chi connectivity index (χ0) is 13.1. The zero-order valence-corrected chi connectivity index (χ0v) is 9.79. The first-order valence-electron chi connectivity index (χ1n) is 5.71. The number of carbonyl (C=O) groups excluding carboxylic acids is 1. The van der Waals surface area contributed by atoms with Crippen molar-refractivity contribution in [1.82, 2.24) is 4.90 Å². The molecule has 1 aromatic rings. The molecule has 1 aromatic carbocycles. The molecule has 1 heterocycles. The van der Waals surface area contributed by atoms with E-state index in [1.807, 2.05) is 0 Å². The van der Waals surface area contributed by atoms with Crippen molar-refractivity contribution >= 4 is 11.6 Å². The molecule has 0 bridgehead atoms. The quantitative estimate of drug-likeness (QED) is 0.773. The van der Waals surface area contributed by atoms with E-state index in [1.54, 1.807) is 0 Å². The molecule has 18 heavy (non-hydrogen) atoms. The molecule has 0 aliphatic carbocycles. The van der Waals surface area contributed by atoms with Crippen LogP contribution in [0.25, 0.3) is 0 Å². The number of halogens is 2. The van der Waals surface area contributed by atoms with Gasteiger partial charge in [-0.1, -0.05) is 0 Å². The maximum atomic E-state index is 13.7. The lowest BCUT2D eigenvalue weighted by atomic mass is 10.1. The van der Waals surface area contributed by atoms with E-state index < -0.39 is 23.1 Å². The fraction of sp³-hybridized carbons (Fsp3) is 0.417. The Hall–Kier alpha value is -1.69. The largest absolute Gasteiger partial charge is 0.396 e. The van der Waals surface area contributed by atoms with Crippen molar-refractivity contribution in [2.45, 2.75) is 6.42 Å². The predicted octanol–water partition coefficient (Wildman–Crippen LogP) is 1.41. The van der Waals surface area contributed by atoms with Gasteiger partial charge in [0, 0.05) is 19.7 Å². The monoisotopic (exact) mass is 256 g/mol. The average Bonchev–Trinajstić information content (AvgIpc) is 2.63. The number of ether oxygens (including phenoxy) is 1. The molecule has 1 aliphatic heterocycles. The van der Waals surface area contributed by atoms with Gasteiger partial charge in [-0.05, 0) is 18.6 Å². The molecule has 0 unspecified atom stereocenters. The summed E-state index contributed by atoms with van der Waals surface area (Å²) in [6, 6.07) is 2.10. The standard InChI is InChI=1S/C12H14F2N2O2/c13-8-2-3-9(15)11(14)10(8)12(17)16-4-1-6-18-7-5-16/h2-3H,1,4-7,15H2. The summed E-state index contributed by atoms with van der Waals surface area (Å²) in [5.41, 5.74) is 4.53. The van der Waals surface area contributed by atoms with Crippen LogP contribution < -0.4 is 5.73 Å². The first-order valence-corrected chi connectivity index (χ1v) is 5.71. The first kappa shape index (κ1) is 12.8. The van der Waals surface area contributed by atoms with Gasteiger partial charge in [-0.25, -0.2) is 8.78 Å². The maximum Gasteiger partial charge on any atom is 0.259 e. The minimum Gasteiger partial charge on any atom is -0.396 e. The van der Waals surface area contributed by atoms with Crippen molar-refractivity contribution in [3.8, 4) is 0 Å². The molecule has 0 spiro atoms. The second kappa shape index (κ2) is 5.30. The molecule has 2 N–H and O–H groups in total. The Balaban J connectivity index is 2.30. The number of carbonyl (C=O) groups is 1. The van der Waals surface area contributed by atoms with E-state index in [0.29, 0.717) is 32.7 Å². The van der Waals surface area contributed by atoms with Crippen LogP contribution in [0.5, 0.6) is 0 Å². The summed E-state index contributed by atoms with van der Waals surface area (Å²) in [7, 11) is 0. The number of nitrogen functional groups attached to an aromatic ring is 1. The van der Waals surface area contributed by atoms with Crippen LogP contribution in [-0.4, -0.2) is 37.1 Å². The Labute approximate surface area is 103 Å². The number of anilines is 1. The van der Waals surface area contributed by atoms with Gasteiger partial charge in [-0.2, -0.15) is 0 Å². The number of nitrogens with zero attached hydrogens (tertiary/aromatic N) is 1. The second-order valence-electron chi connectivity index (χ2n) is 4.08. The van der Waals surface area contributed by atoms with Crippen LogP contribution in [0.4, 0.5) is 14.5 Å². The fourth-order valence-corrected chi connectivity index (χ4v) is 1.87. The number of amides is 1. The number of hydrogen-bond donors (Lipinski definition) is 1. The van der Waals surface area contributed by atoms with Crippen molar-refractivity contribution < 1.29 is 18.3 Å². The molecule has 4 nitrogen and oxygen atoms in total. The Bertz CT molecular complexity index is 458. The van der Waals surface area contributed by atoms with E-state index in [2.05, 4.69) is 0 Å². The molecular formula is C12H14F2N2O2. The van der Waals surface area contributed by atoms with Crippen LogP contribution in [0.15, 0.2) is 12.1 Å². The van der Waals surface area contributed by atoms with Gasteiger partial charge < -0.3 is 15.4 Å². The maximum absolute atomic E-state index is 13.7. The minimum atomic E-state index is -0.995. The normalized spacial score (nSPS) is 16.4. The number of nitrogens with two attached hydrogens (primary N) is 1. The Morgan fingerprint density at radius 1 is 1.28 bits per heavy atom. The van der Waals surface area contributed by atoms with Crippen LogP contribution in [0.2, 0.25) is 0 Å². The molecule has 1 saturated heterocycles. The van der Waals surface area contributed by atoms with Gasteiger partial charge in [-0.15, -0.1) is 0 Å². The van der Waals surface area contributed by atoms with Crippen LogP contribution in [0.1, 0.15) is 16.8 Å². The summed E-state index contributed by atoms with van der Waals surface area (Å²) in [5.74, 6) is -2.56. The fourth-order valence-electron chi connectivity index (χ4n) is 1.87. The van der Waals surface area contributed by atoms with E-state index in [-0.39, 0.29) is 5.69 Å². The van der Waals surface area contributed by atoms with Gasteiger partial charge in [0.05, 0.1) is 12.3 Å². The van der Waals surface area contributed by atoms with Gasteiger partial charge in [0.2, 0.25) is 0 Å². The van der Waals surface area contributed by atoms with Gasteiger partial charge >= 0.3 is 0 Å². The van der Waals surface area contributed by atoms with Crippen molar-refractivity contribution in [3.63, 3.8) is 0 Å². The zero-order valence-electron chi connectivity index (χ0n) is 9.79. The summed E-state index contributed by atoms with van der Waals surface area (Å²) < 4.78 is 32.5. The highest BCUT2D eigenvalue weighted by Gasteiger charge is 2.25. The molecule has 98 valence electrons. The highest BCUT2D eigenvalue weighted by atomic mass is 19.1. The summed E-state index contributed by atoms with van der Waals surface area (Å²) in [4.78, 5) is 13.5. The van der Waals surface area contributed by atoms with Crippen LogP contribution >= 0.6 is 0 Å². The van der Waals surface area contributed by atoms with Crippen LogP contribution in [0.3, 0.4) is 0 Å². The summed E-state index contributed by atoms with van der Waals surface area (Å²) >= 11 is 0. The molecule has 1 amide bonds. The lowest BCUT2D eigenvalue weighted by molar-refractivity contribution is 0.0732. The third-order valence-electron chi connectivity index (χ3n) is 2.84. The van der Waals surface area contributed by atoms with Crippen LogP contribution in [0, 0.1) is 11.6 Å². The number of benzene rings is 1.